The molecule has 0 spiro atoms. The number of aromatic nitrogens is 3. The van der Waals surface area contributed by atoms with Crippen molar-refractivity contribution in [3.05, 3.63) is 75.8 Å². The molecule has 7 nitrogen and oxygen atoms in total. The highest BCUT2D eigenvalue weighted by molar-refractivity contribution is 7.20. The Kier molecular flexibility index (Phi) is 4.62. The Morgan fingerprint density at radius 3 is 2.54 bits per heavy atom. The predicted molar refractivity (Wildman–Crippen MR) is 105 cm³/mol. The number of hydrogen-bond donors (Lipinski definition) is 0. The molecule has 0 saturated carbocycles. The van der Waals surface area contributed by atoms with Crippen LogP contribution in [-0.4, -0.2) is 20.5 Å². The zero-order valence-corrected chi connectivity index (χ0v) is 15.9. The number of aryl methyl sites for hydroxylation is 2. The normalized spacial score (nSPS) is 10.8. The number of benzene rings is 1. The number of hydrogen-bond acceptors (Lipinski definition) is 7. The Bertz CT molecular complexity index is 1210. The molecule has 0 radical (unpaired) electrons. The van der Waals surface area contributed by atoms with Crippen molar-refractivity contribution >= 4 is 27.5 Å². The maximum Gasteiger partial charge on any atom is 0.354 e. The Balaban J connectivity index is 1.54. The number of pyridine rings is 1. The van der Waals surface area contributed by atoms with Gasteiger partial charge >= 0.3 is 5.97 Å². The lowest BCUT2D eigenvalue weighted by Crippen LogP contribution is -2.17. The van der Waals surface area contributed by atoms with E-state index in [9.17, 15) is 9.59 Å². The highest BCUT2D eigenvalue weighted by Gasteiger charge is 2.20. The monoisotopic (exact) mass is 393 g/mol. The van der Waals surface area contributed by atoms with Gasteiger partial charge in [-0.2, -0.15) is 0 Å². The highest BCUT2D eigenvalue weighted by Crippen LogP contribution is 2.28. The molecule has 0 aliphatic carbocycles. The van der Waals surface area contributed by atoms with Crippen molar-refractivity contribution in [1.29, 1.82) is 0 Å². The van der Waals surface area contributed by atoms with Crippen LogP contribution in [0.15, 0.2) is 59.8 Å². The molecule has 1 aromatic carbocycles. The quantitative estimate of drug-likeness (QED) is 0.388. The summed E-state index contributed by atoms with van der Waals surface area (Å²) < 4.78 is 12.4. The van der Waals surface area contributed by atoms with Crippen molar-refractivity contribution in [3.8, 4) is 17.4 Å². The molecule has 0 aliphatic heterocycles. The van der Waals surface area contributed by atoms with Crippen molar-refractivity contribution in [1.82, 2.24) is 14.5 Å². The van der Waals surface area contributed by atoms with Gasteiger partial charge in [-0.25, -0.2) is 14.8 Å². The van der Waals surface area contributed by atoms with E-state index in [4.69, 9.17) is 9.47 Å². The second-order valence-corrected chi connectivity index (χ2v) is 7.03. The molecular weight excluding hydrogens is 378 g/mol. The summed E-state index contributed by atoms with van der Waals surface area (Å²) >= 11 is 1.15. The lowest BCUT2D eigenvalue weighted by Gasteiger charge is -2.06. The molecule has 0 N–H and O–H groups in total. The standard InChI is InChI=1S/C20H15N3O4S/c1-12-16-18(22-11-23(2)19(16)24)28-17(12)20(25)27-14-8-6-13(7-9-14)26-15-5-3-4-10-21-15/h3-11H,1-2H3. The number of fused-ring (bicyclic) bond motifs is 1. The van der Waals surface area contributed by atoms with E-state index in [1.165, 1.54) is 10.9 Å². The van der Waals surface area contributed by atoms with Crippen LogP contribution in [0.1, 0.15) is 15.2 Å². The molecule has 8 heteroatoms. The van der Waals surface area contributed by atoms with E-state index in [1.807, 2.05) is 6.07 Å². The average Bonchev–Trinajstić information content (AvgIpc) is 3.04. The maximum atomic E-state index is 12.6. The predicted octanol–water partition coefficient (Wildman–Crippen LogP) is 3.71. The van der Waals surface area contributed by atoms with Crippen LogP contribution in [0, 0.1) is 6.92 Å². The van der Waals surface area contributed by atoms with Crippen molar-refractivity contribution in [3.63, 3.8) is 0 Å². The van der Waals surface area contributed by atoms with Crippen LogP contribution in [0.4, 0.5) is 0 Å². The van der Waals surface area contributed by atoms with Gasteiger partial charge in [0.05, 0.1) is 11.7 Å². The number of esters is 1. The fraction of sp³-hybridized carbons (Fsp3) is 0.100. The van der Waals surface area contributed by atoms with E-state index in [2.05, 4.69) is 9.97 Å². The fourth-order valence-electron chi connectivity index (χ4n) is 2.66. The molecule has 140 valence electrons. The van der Waals surface area contributed by atoms with Crippen LogP contribution in [-0.2, 0) is 7.05 Å². The van der Waals surface area contributed by atoms with Crippen LogP contribution in [0.3, 0.4) is 0 Å². The topological polar surface area (TPSA) is 83.3 Å². The van der Waals surface area contributed by atoms with Gasteiger partial charge in [-0.05, 0) is 42.8 Å². The third-order valence-corrected chi connectivity index (χ3v) is 5.27. The van der Waals surface area contributed by atoms with Crippen LogP contribution in [0.2, 0.25) is 0 Å². The second-order valence-electron chi connectivity index (χ2n) is 6.03. The molecular formula is C20H15N3O4S. The second kappa shape index (κ2) is 7.24. The van der Waals surface area contributed by atoms with Crippen molar-refractivity contribution < 1.29 is 14.3 Å². The van der Waals surface area contributed by atoms with E-state index in [0.29, 0.717) is 38.0 Å². The Labute approximate surface area is 163 Å². The molecule has 3 aromatic heterocycles. The van der Waals surface area contributed by atoms with Gasteiger partial charge in [0.25, 0.3) is 5.56 Å². The first-order chi connectivity index (χ1) is 13.5. The van der Waals surface area contributed by atoms with Gasteiger partial charge in [-0.1, -0.05) is 6.07 Å². The van der Waals surface area contributed by atoms with Crippen LogP contribution in [0.25, 0.3) is 10.2 Å². The molecule has 3 heterocycles. The molecule has 28 heavy (non-hydrogen) atoms. The highest BCUT2D eigenvalue weighted by atomic mass is 32.1. The van der Waals surface area contributed by atoms with Crippen molar-refractivity contribution in [2.24, 2.45) is 7.05 Å². The van der Waals surface area contributed by atoms with Gasteiger partial charge in [0.2, 0.25) is 5.88 Å². The Hall–Kier alpha value is -3.52. The van der Waals surface area contributed by atoms with E-state index in [0.717, 1.165) is 11.3 Å². The van der Waals surface area contributed by atoms with E-state index in [-0.39, 0.29) is 5.56 Å². The summed E-state index contributed by atoms with van der Waals surface area (Å²) in [6.07, 6.45) is 3.08. The Morgan fingerprint density at radius 1 is 1.07 bits per heavy atom. The lowest BCUT2D eigenvalue weighted by molar-refractivity contribution is 0.0739. The number of rotatable bonds is 4. The summed E-state index contributed by atoms with van der Waals surface area (Å²) in [5, 5.41) is 0.445. The smallest absolute Gasteiger partial charge is 0.354 e. The van der Waals surface area contributed by atoms with Crippen LogP contribution < -0.4 is 15.0 Å². The summed E-state index contributed by atoms with van der Waals surface area (Å²) in [4.78, 5) is 34.1. The Morgan fingerprint density at radius 2 is 1.82 bits per heavy atom. The molecule has 0 atom stereocenters. The molecule has 0 unspecified atom stereocenters. The number of ether oxygens (including phenoxy) is 2. The van der Waals surface area contributed by atoms with Gasteiger partial charge in [-0.15, -0.1) is 11.3 Å². The SMILES string of the molecule is Cc1c(C(=O)Oc2ccc(Oc3ccccn3)cc2)sc2ncn(C)c(=O)c12. The summed E-state index contributed by atoms with van der Waals surface area (Å²) in [5.74, 6) is 0.892. The molecule has 4 aromatic rings. The van der Waals surface area contributed by atoms with Gasteiger partial charge < -0.3 is 14.0 Å². The van der Waals surface area contributed by atoms with E-state index < -0.39 is 5.97 Å². The van der Waals surface area contributed by atoms with Gasteiger partial charge in [-0.3, -0.25) is 4.79 Å². The van der Waals surface area contributed by atoms with E-state index in [1.54, 1.807) is 56.6 Å². The number of carbonyl (C=O) groups is 1. The minimum absolute atomic E-state index is 0.186. The van der Waals surface area contributed by atoms with Gasteiger partial charge in [0.15, 0.2) is 0 Å². The van der Waals surface area contributed by atoms with Crippen molar-refractivity contribution in [2.45, 2.75) is 6.92 Å². The summed E-state index contributed by atoms with van der Waals surface area (Å²) in [6, 6.07) is 12.0. The summed E-state index contributed by atoms with van der Waals surface area (Å²) in [7, 11) is 1.62. The minimum Gasteiger partial charge on any atom is -0.439 e. The maximum absolute atomic E-state index is 12.6. The summed E-state index contributed by atoms with van der Waals surface area (Å²) in [5.41, 5.74) is 0.391. The first-order valence-corrected chi connectivity index (χ1v) is 9.20. The molecule has 0 fully saturated rings. The third-order valence-electron chi connectivity index (χ3n) is 4.09. The average molecular weight is 393 g/mol. The van der Waals surface area contributed by atoms with E-state index >= 15 is 0 Å². The molecule has 0 aliphatic rings. The first kappa shape index (κ1) is 17.9. The molecule has 0 bridgehead atoms. The zero-order chi connectivity index (χ0) is 19.7. The van der Waals surface area contributed by atoms with Crippen molar-refractivity contribution in [2.75, 3.05) is 0 Å². The zero-order valence-electron chi connectivity index (χ0n) is 15.1. The first-order valence-electron chi connectivity index (χ1n) is 8.39. The summed E-state index contributed by atoms with van der Waals surface area (Å²) in [6.45, 7) is 1.72. The van der Waals surface area contributed by atoms with Gasteiger partial charge in [0.1, 0.15) is 21.2 Å². The van der Waals surface area contributed by atoms with Crippen LogP contribution in [0.5, 0.6) is 17.4 Å². The minimum atomic E-state index is -0.527. The molecule has 0 amide bonds. The molecule has 4 rings (SSSR count). The number of nitrogens with zero attached hydrogens (tertiary/aromatic N) is 3. The number of carbonyl (C=O) groups excluding carboxylic acids is 1. The van der Waals surface area contributed by atoms with Gasteiger partial charge in [0, 0.05) is 19.3 Å². The lowest BCUT2D eigenvalue weighted by atomic mass is 10.2. The largest absolute Gasteiger partial charge is 0.439 e. The fourth-order valence-corrected chi connectivity index (χ4v) is 3.68. The number of thiophene rings is 1. The van der Waals surface area contributed by atoms with Crippen LogP contribution >= 0.6 is 11.3 Å². The molecule has 0 saturated heterocycles. The third kappa shape index (κ3) is 3.37.